The Labute approximate surface area is 84.7 Å². The second-order valence-corrected chi connectivity index (χ2v) is 3.05. The van der Waals surface area contributed by atoms with Gasteiger partial charge in [0.25, 0.3) is 0 Å². The molecular weight excluding hydrogens is 186 g/mol. The molecule has 0 spiro atoms. The average Bonchev–Trinajstić information content (AvgIpc) is 2.59. The van der Waals surface area contributed by atoms with Gasteiger partial charge in [0.05, 0.1) is 0 Å². The molecule has 1 aliphatic heterocycles. The number of halogens is 1. The Hall–Kier alpha value is -0.730. The lowest BCUT2D eigenvalue weighted by Crippen LogP contribution is -2.19. The van der Waals surface area contributed by atoms with Crippen molar-refractivity contribution in [3.8, 4) is 5.75 Å². The van der Waals surface area contributed by atoms with Crippen molar-refractivity contribution in [2.24, 2.45) is 0 Å². The number of nitrogens with one attached hydrogen (secondary N) is 1. The van der Waals surface area contributed by atoms with Gasteiger partial charge in [-0.25, -0.2) is 0 Å². The molecule has 0 radical (unpaired) electrons. The Morgan fingerprint density at radius 2 is 2.00 bits per heavy atom. The summed E-state index contributed by atoms with van der Waals surface area (Å²) in [7, 11) is 0. The fourth-order valence-corrected chi connectivity index (χ4v) is 1.42. The molecule has 3 heteroatoms. The fourth-order valence-electron chi connectivity index (χ4n) is 1.42. The average molecular weight is 200 g/mol. The zero-order chi connectivity index (χ0) is 8.23. The van der Waals surface area contributed by atoms with Crippen LogP contribution in [0.25, 0.3) is 0 Å². The van der Waals surface area contributed by atoms with E-state index in [9.17, 15) is 0 Å². The van der Waals surface area contributed by atoms with Crippen LogP contribution in [-0.4, -0.2) is 19.2 Å². The topological polar surface area (TPSA) is 21.3 Å². The molecule has 1 saturated heterocycles. The van der Waals surface area contributed by atoms with Gasteiger partial charge in [-0.2, -0.15) is 0 Å². The molecule has 1 aromatic carbocycles. The summed E-state index contributed by atoms with van der Waals surface area (Å²) in [6.07, 6.45) is 1.49. The molecule has 1 N–H and O–H groups in total. The van der Waals surface area contributed by atoms with Gasteiger partial charge in [0, 0.05) is 6.54 Å². The van der Waals surface area contributed by atoms with Crippen LogP contribution in [0.5, 0.6) is 5.75 Å². The van der Waals surface area contributed by atoms with Crippen molar-refractivity contribution in [1.82, 2.24) is 5.32 Å². The van der Waals surface area contributed by atoms with Crippen molar-refractivity contribution in [3.63, 3.8) is 0 Å². The Morgan fingerprint density at radius 3 is 2.62 bits per heavy atom. The van der Waals surface area contributed by atoms with Gasteiger partial charge in [-0.1, -0.05) is 18.2 Å². The highest BCUT2D eigenvalue weighted by atomic mass is 35.5. The smallest absolute Gasteiger partial charge is 0.119 e. The number of ether oxygens (including phenoxy) is 1. The van der Waals surface area contributed by atoms with Crippen molar-refractivity contribution in [2.45, 2.75) is 12.5 Å². The van der Waals surface area contributed by atoms with Gasteiger partial charge in [-0.3, -0.25) is 0 Å². The summed E-state index contributed by atoms with van der Waals surface area (Å²) >= 11 is 0. The lowest BCUT2D eigenvalue weighted by Gasteiger charge is -2.11. The van der Waals surface area contributed by atoms with Crippen LogP contribution in [0.1, 0.15) is 6.42 Å². The molecule has 1 atom stereocenters. The van der Waals surface area contributed by atoms with E-state index in [0.717, 1.165) is 25.3 Å². The summed E-state index contributed by atoms with van der Waals surface area (Å²) in [5.41, 5.74) is 0. The third-order valence-corrected chi connectivity index (χ3v) is 2.06. The molecule has 0 aromatic heterocycles. The molecule has 0 unspecified atom stereocenters. The second-order valence-electron chi connectivity index (χ2n) is 3.05. The molecular formula is C10H14ClNO. The van der Waals surface area contributed by atoms with E-state index >= 15 is 0 Å². The van der Waals surface area contributed by atoms with E-state index in [1.807, 2.05) is 30.3 Å². The predicted molar refractivity (Wildman–Crippen MR) is 55.6 cm³/mol. The molecule has 1 aromatic rings. The Morgan fingerprint density at radius 1 is 1.23 bits per heavy atom. The van der Waals surface area contributed by atoms with Crippen LogP contribution in [-0.2, 0) is 0 Å². The maximum Gasteiger partial charge on any atom is 0.119 e. The zero-order valence-corrected chi connectivity index (χ0v) is 8.22. The normalized spacial score (nSPS) is 20.8. The molecule has 0 saturated carbocycles. The van der Waals surface area contributed by atoms with Gasteiger partial charge < -0.3 is 10.1 Å². The minimum Gasteiger partial charge on any atom is -0.489 e. The Balaban J connectivity index is 0.000000845. The van der Waals surface area contributed by atoms with Gasteiger partial charge in [-0.05, 0) is 25.1 Å². The first kappa shape index (κ1) is 10.4. The van der Waals surface area contributed by atoms with E-state index in [1.165, 1.54) is 0 Å². The molecule has 1 fully saturated rings. The third kappa shape index (κ3) is 2.90. The summed E-state index contributed by atoms with van der Waals surface area (Å²) in [4.78, 5) is 0. The number of para-hydroxylation sites is 1. The summed E-state index contributed by atoms with van der Waals surface area (Å²) in [6, 6.07) is 9.99. The summed E-state index contributed by atoms with van der Waals surface area (Å²) in [5.74, 6) is 0.978. The Kier molecular flexibility index (Phi) is 4.06. The number of rotatable bonds is 2. The number of benzene rings is 1. The first-order valence-electron chi connectivity index (χ1n) is 4.37. The number of hydrogen-bond donors (Lipinski definition) is 1. The second kappa shape index (κ2) is 5.10. The molecule has 2 rings (SSSR count). The minimum absolute atomic E-state index is 0. The molecule has 0 aliphatic carbocycles. The van der Waals surface area contributed by atoms with E-state index in [0.29, 0.717) is 6.10 Å². The van der Waals surface area contributed by atoms with Crippen LogP contribution in [0.15, 0.2) is 30.3 Å². The molecule has 1 heterocycles. The molecule has 1 aliphatic rings. The first-order chi connectivity index (χ1) is 5.95. The molecule has 0 bridgehead atoms. The van der Waals surface area contributed by atoms with Gasteiger partial charge in [-0.15, -0.1) is 12.4 Å². The van der Waals surface area contributed by atoms with E-state index in [1.54, 1.807) is 0 Å². The lowest BCUT2D eigenvalue weighted by molar-refractivity contribution is 0.223. The highest BCUT2D eigenvalue weighted by Crippen LogP contribution is 2.13. The summed E-state index contributed by atoms with van der Waals surface area (Å²) in [6.45, 7) is 2.06. The maximum atomic E-state index is 5.71. The fraction of sp³-hybridized carbons (Fsp3) is 0.400. The van der Waals surface area contributed by atoms with Crippen molar-refractivity contribution in [1.29, 1.82) is 0 Å². The van der Waals surface area contributed by atoms with Crippen LogP contribution in [0.4, 0.5) is 0 Å². The van der Waals surface area contributed by atoms with Crippen LogP contribution in [0, 0.1) is 0 Å². The van der Waals surface area contributed by atoms with Crippen molar-refractivity contribution in [2.75, 3.05) is 13.1 Å². The van der Waals surface area contributed by atoms with Crippen molar-refractivity contribution < 1.29 is 4.74 Å². The highest BCUT2D eigenvalue weighted by Gasteiger charge is 2.15. The van der Waals surface area contributed by atoms with Crippen LogP contribution >= 0.6 is 12.4 Å². The van der Waals surface area contributed by atoms with Gasteiger partial charge in [0.2, 0.25) is 0 Å². The van der Waals surface area contributed by atoms with E-state index in [2.05, 4.69) is 5.32 Å². The van der Waals surface area contributed by atoms with Crippen LogP contribution < -0.4 is 10.1 Å². The van der Waals surface area contributed by atoms with Crippen LogP contribution in [0.3, 0.4) is 0 Å². The van der Waals surface area contributed by atoms with Gasteiger partial charge in [0.1, 0.15) is 11.9 Å². The van der Waals surface area contributed by atoms with E-state index in [-0.39, 0.29) is 12.4 Å². The molecule has 2 nitrogen and oxygen atoms in total. The molecule has 72 valence electrons. The quantitative estimate of drug-likeness (QED) is 0.785. The van der Waals surface area contributed by atoms with Crippen molar-refractivity contribution in [3.05, 3.63) is 30.3 Å². The molecule has 0 amide bonds. The highest BCUT2D eigenvalue weighted by molar-refractivity contribution is 5.85. The predicted octanol–water partition coefficient (Wildman–Crippen LogP) is 1.85. The Bertz CT molecular complexity index is 234. The minimum atomic E-state index is 0. The SMILES string of the molecule is Cl.c1ccc(O[C@H]2CCNC2)cc1. The summed E-state index contributed by atoms with van der Waals surface area (Å²) < 4.78 is 5.71. The maximum absolute atomic E-state index is 5.71. The van der Waals surface area contributed by atoms with E-state index < -0.39 is 0 Å². The molecule has 13 heavy (non-hydrogen) atoms. The van der Waals surface area contributed by atoms with Gasteiger partial charge >= 0.3 is 0 Å². The lowest BCUT2D eigenvalue weighted by atomic mass is 10.3. The zero-order valence-electron chi connectivity index (χ0n) is 7.40. The monoisotopic (exact) mass is 199 g/mol. The largest absolute Gasteiger partial charge is 0.489 e. The first-order valence-corrected chi connectivity index (χ1v) is 4.37. The van der Waals surface area contributed by atoms with Crippen LogP contribution in [0.2, 0.25) is 0 Å². The summed E-state index contributed by atoms with van der Waals surface area (Å²) in [5, 5.41) is 3.27. The number of hydrogen-bond acceptors (Lipinski definition) is 2. The third-order valence-electron chi connectivity index (χ3n) is 2.06. The van der Waals surface area contributed by atoms with E-state index in [4.69, 9.17) is 4.74 Å². The van der Waals surface area contributed by atoms with Crippen molar-refractivity contribution >= 4 is 12.4 Å². The van der Waals surface area contributed by atoms with Gasteiger partial charge in [0.15, 0.2) is 0 Å². The standard InChI is InChI=1S/C10H13NO.ClH/c1-2-4-9(5-3-1)12-10-6-7-11-8-10;/h1-5,10-11H,6-8H2;1H/t10-;/m0./s1.